The van der Waals surface area contributed by atoms with Gasteiger partial charge < -0.3 is 9.64 Å². The van der Waals surface area contributed by atoms with Gasteiger partial charge in [0.1, 0.15) is 6.54 Å². The Hall–Kier alpha value is -1.56. The van der Waals surface area contributed by atoms with Crippen LogP contribution in [0.1, 0.15) is 26.3 Å². The van der Waals surface area contributed by atoms with Crippen LogP contribution in [0.2, 0.25) is 0 Å². The van der Waals surface area contributed by atoms with E-state index in [0.29, 0.717) is 24.8 Å². The molecular weight excluding hydrogens is 300 g/mol. The predicted octanol–water partition coefficient (Wildman–Crippen LogP) is 2.36. The molecule has 0 aliphatic heterocycles. The second-order valence-electron chi connectivity index (χ2n) is 5.32. The topological polar surface area (TPSA) is 59.5 Å². The number of carbonyl (C=O) groups is 2. The number of pyridine rings is 1. The van der Waals surface area contributed by atoms with Crippen LogP contribution in [0, 0.1) is 5.92 Å². The maximum Gasteiger partial charge on any atom is 0.325 e. The Labute approximate surface area is 136 Å². The van der Waals surface area contributed by atoms with Gasteiger partial charge in [-0.1, -0.05) is 13.8 Å². The lowest BCUT2D eigenvalue weighted by atomic mass is 10.2. The molecule has 22 heavy (non-hydrogen) atoms. The highest BCUT2D eigenvalue weighted by molar-refractivity contribution is 7.99. The van der Waals surface area contributed by atoms with E-state index in [2.05, 4.69) is 4.98 Å². The molecule has 1 amide bonds. The molecule has 0 aromatic carbocycles. The van der Waals surface area contributed by atoms with E-state index in [1.165, 1.54) is 11.8 Å². The molecule has 0 saturated carbocycles. The second kappa shape index (κ2) is 10.2. The molecule has 0 saturated heterocycles. The summed E-state index contributed by atoms with van der Waals surface area (Å²) in [6.07, 6.45) is 3.48. The summed E-state index contributed by atoms with van der Waals surface area (Å²) in [5, 5.41) is 0. The average molecular weight is 324 g/mol. The lowest BCUT2D eigenvalue weighted by Crippen LogP contribution is -2.40. The lowest BCUT2D eigenvalue weighted by Gasteiger charge is -2.23. The van der Waals surface area contributed by atoms with Gasteiger partial charge in [-0.2, -0.15) is 0 Å². The van der Waals surface area contributed by atoms with Gasteiger partial charge >= 0.3 is 5.97 Å². The normalized spacial score (nSPS) is 10.5. The number of aromatic nitrogens is 1. The van der Waals surface area contributed by atoms with Crippen molar-refractivity contribution in [3.8, 4) is 0 Å². The fourth-order valence-electron chi connectivity index (χ4n) is 1.88. The number of amides is 1. The summed E-state index contributed by atoms with van der Waals surface area (Å²) in [5.41, 5.74) is 1.13. The number of hydrogen-bond donors (Lipinski definition) is 0. The summed E-state index contributed by atoms with van der Waals surface area (Å²) in [7, 11) is 0. The minimum atomic E-state index is -0.351. The third-order valence-corrected chi connectivity index (χ3v) is 3.80. The van der Waals surface area contributed by atoms with E-state index in [4.69, 9.17) is 4.74 Å². The van der Waals surface area contributed by atoms with E-state index < -0.39 is 0 Å². The van der Waals surface area contributed by atoms with Crippen LogP contribution in [0.5, 0.6) is 0 Å². The van der Waals surface area contributed by atoms with Gasteiger partial charge in [0.15, 0.2) is 0 Å². The molecule has 0 atom stereocenters. The number of nitrogens with zero attached hydrogens (tertiary/aromatic N) is 2. The van der Waals surface area contributed by atoms with Crippen molar-refractivity contribution in [1.29, 1.82) is 0 Å². The number of rotatable bonds is 9. The maximum absolute atomic E-state index is 12.3. The fourth-order valence-corrected chi connectivity index (χ4v) is 2.77. The van der Waals surface area contributed by atoms with Crippen LogP contribution < -0.4 is 0 Å². The standard InChI is InChI=1S/C16H24N2O3S/c1-4-21-16(20)10-18(9-13(2)3)15(19)12-22-11-14-5-7-17-8-6-14/h5-8,13H,4,9-12H2,1-3H3. The molecule has 0 fully saturated rings. The third kappa shape index (κ3) is 7.45. The average Bonchev–Trinajstić information content (AvgIpc) is 2.47. The first kappa shape index (κ1) is 18.5. The second-order valence-corrected chi connectivity index (χ2v) is 6.31. The smallest absolute Gasteiger partial charge is 0.325 e. The largest absolute Gasteiger partial charge is 0.465 e. The van der Waals surface area contributed by atoms with Gasteiger partial charge in [-0.15, -0.1) is 11.8 Å². The molecular formula is C16H24N2O3S. The fraction of sp³-hybridized carbons (Fsp3) is 0.562. The van der Waals surface area contributed by atoms with E-state index in [9.17, 15) is 9.59 Å². The van der Waals surface area contributed by atoms with Gasteiger partial charge in [0.2, 0.25) is 5.91 Å². The summed E-state index contributed by atoms with van der Waals surface area (Å²) in [5.74, 6) is 1.04. The summed E-state index contributed by atoms with van der Waals surface area (Å²) in [4.78, 5) is 29.4. The summed E-state index contributed by atoms with van der Waals surface area (Å²) < 4.78 is 4.93. The van der Waals surface area contributed by atoms with Crippen LogP contribution in [0.3, 0.4) is 0 Å². The summed E-state index contributed by atoms with van der Waals surface area (Å²) >= 11 is 1.54. The van der Waals surface area contributed by atoms with Crippen LogP contribution in [0.15, 0.2) is 24.5 Å². The van der Waals surface area contributed by atoms with Crippen molar-refractivity contribution in [2.75, 3.05) is 25.4 Å². The minimum absolute atomic E-state index is 0.0270. The van der Waals surface area contributed by atoms with Crippen LogP contribution in [0.25, 0.3) is 0 Å². The van der Waals surface area contributed by atoms with Crippen molar-refractivity contribution >= 4 is 23.6 Å². The van der Waals surface area contributed by atoms with Gasteiger partial charge in [-0.05, 0) is 30.5 Å². The van der Waals surface area contributed by atoms with Crippen molar-refractivity contribution in [3.05, 3.63) is 30.1 Å². The third-order valence-electron chi connectivity index (χ3n) is 2.81. The van der Waals surface area contributed by atoms with Crippen molar-refractivity contribution in [1.82, 2.24) is 9.88 Å². The maximum atomic E-state index is 12.3. The van der Waals surface area contributed by atoms with Crippen LogP contribution in [-0.2, 0) is 20.1 Å². The number of carbonyl (C=O) groups excluding carboxylic acids is 2. The van der Waals surface area contributed by atoms with Crippen LogP contribution in [-0.4, -0.2) is 47.2 Å². The van der Waals surface area contributed by atoms with Gasteiger partial charge in [-0.25, -0.2) is 0 Å². The highest BCUT2D eigenvalue weighted by atomic mass is 32.2. The molecule has 1 rings (SSSR count). The molecule has 0 N–H and O–H groups in total. The van der Waals surface area contributed by atoms with E-state index in [-0.39, 0.29) is 18.4 Å². The zero-order valence-electron chi connectivity index (χ0n) is 13.4. The molecule has 1 aromatic heterocycles. The summed E-state index contributed by atoms with van der Waals surface area (Å²) in [6, 6.07) is 3.87. The SMILES string of the molecule is CCOC(=O)CN(CC(C)C)C(=O)CSCc1ccncc1. The first-order valence-electron chi connectivity index (χ1n) is 7.43. The molecule has 0 bridgehead atoms. The van der Waals surface area contributed by atoms with Crippen LogP contribution in [0.4, 0.5) is 0 Å². The molecule has 0 spiro atoms. The zero-order valence-corrected chi connectivity index (χ0v) is 14.3. The van der Waals surface area contributed by atoms with Gasteiger partial charge in [-0.3, -0.25) is 14.6 Å². The Bertz CT molecular complexity index is 466. The Morgan fingerprint density at radius 2 is 2.00 bits per heavy atom. The molecule has 0 aliphatic rings. The molecule has 1 aromatic rings. The van der Waals surface area contributed by atoms with Gasteiger partial charge in [0.25, 0.3) is 0 Å². The zero-order chi connectivity index (χ0) is 16.4. The first-order chi connectivity index (χ1) is 10.5. The minimum Gasteiger partial charge on any atom is -0.465 e. The van der Waals surface area contributed by atoms with Gasteiger partial charge in [0, 0.05) is 24.7 Å². The molecule has 0 aliphatic carbocycles. The highest BCUT2D eigenvalue weighted by Crippen LogP contribution is 2.12. The van der Waals surface area contributed by atoms with Gasteiger partial charge in [0.05, 0.1) is 12.4 Å². The van der Waals surface area contributed by atoms with E-state index in [1.807, 2.05) is 26.0 Å². The molecule has 122 valence electrons. The number of esters is 1. The Balaban J connectivity index is 2.46. The molecule has 6 heteroatoms. The van der Waals surface area contributed by atoms with E-state index >= 15 is 0 Å². The first-order valence-corrected chi connectivity index (χ1v) is 8.58. The Kier molecular flexibility index (Phi) is 8.58. The van der Waals surface area contributed by atoms with E-state index in [0.717, 1.165) is 11.3 Å². The van der Waals surface area contributed by atoms with Crippen molar-refractivity contribution in [3.63, 3.8) is 0 Å². The molecule has 5 nitrogen and oxygen atoms in total. The van der Waals surface area contributed by atoms with Crippen LogP contribution >= 0.6 is 11.8 Å². The monoisotopic (exact) mass is 324 g/mol. The number of thioether (sulfide) groups is 1. The predicted molar refractivity (Wildman–Crippen MR) is 88.5 cm³/mol. The lowest BCUT2D eigenvalue weighted by molar-refractivity contribution is -0.148. The number of ether oxygens (including phenoxy) is 1. The Morgan fingerprint density at radius 1 is 1.32 bits per heavy atom. The van der Waals surface area contributed by atoms with Crippen molar-refractivity contribution in [2.24, 2.45) is 5.92 Å². The Morgan fingerprint density at radius 3 is 2.59 bits per heavy atom. The van der Waals surface area contributed by atoms with Crippen molar-refractivity contribution in [2.45, 2.75) is 26.5 Å². The highest BCUT2D eigenvalue weighted by Gasteiger charge is 2.18. The van der Waals surface area contributed by atoms with Crippen molar-refractivity contribution < 1.29 is 14.3 Å². The molecule has 1 heterocycles. The van der Waals surface area contributed by atoms with E-state index in [1.54, 1.807) is 24.2 Å². The quantitative estimate of drug-likeness (QED) is 0.653. The summed E-state index contributed by atoms with van der Waals surface area (Å²) in [6.45, 7) is 6.73. The number of hydrogen-bond acceptors (Lipinski definition) is 5. The molecule has 0 unspecified atom stereocenters. The molecule has 0 radical (unpaired) electrons.